The highest BCUT2D eigenvalue weighted by Crippen LogP contribution is 2.31. The molecule has 1 aromatic rings. The molecule has 0 unspecified atom stereocenters. The number of halogens is 3. The fourth-order valence-electron chi connectivity index (χ4n) is 2.36. The molecule has 1 aliphatic rings. The quantitative estimate of drug-likeness (QED) is 0.826. The van der Waals surface area contributed by atoms with Crippen molar-refractivity contribution in [2.45, 2.75) is 11.1 Å². The summed E-state index contributed by atoms with van der Waals surface area (Å²) in [5.74, 6) is 0.0532. The molecule has 4 nitrogen and oxygen atoms in total. The SMILES string of the molecule is O=C(CSc1cccc(C(F)(F)F)c1)N1CCN(CCO)CC1. The lowest BCUT2D eigenvalue weighted by Crippen LogP contribution is -2.49. The van der Waals surface area contributed by atoms with E-state index in [9.17, 15) is 18.0 Å². The van der Waals surface area contributed by atoms with Gasteiger partial charge in [-0.05, 0) is 18.2 Å². The molecule has 23 heavy (non-hydrogen) atoms. The van der Waals surface area contributed by atoms with E-state index in [0.717, 1.165) is 23.9 Å². The summed E-state index contributed by atoms with van der Waals surface area (Å²) in [5, 5.41) is 8.88. The van der Waals surface area contributed by atoms with Crippen LogP contribution < -0.4 is 0 Å². The van der Waals surface area contributed by atoms with E-state index in [-0.39, 0.29) is 18.3 Å². The van der Waals surface area contributed by atoms with E-state index < -0.39 is 11.7 Å². The predicted octanol–water partition coefficient (Wildman–Crippen LogP) is 1.93. The highest BCUT2D eigenvalue weighted by molar-refractivity contribution is 8.00. The number of rotatable bonds is 5. The van der Waals surface area contributed by atoms with Gasteiger partial charge >= 0.3 is 6.18 Å². The van der Waals surface area contributed by atoms with Gasteiger partial charge in [0.25, 0.3) is 0 Å². The number of amides is 1. The Balaban J connectivity index is 1.83. The number of alkyl halides is 3. The zero-order valence-corrected chi connectivity index (χ0v) is 13.4. The van der Waals surface area contributed by atoms with Gasteiger partial charge in [-0.25, -0.2) is 0 Å². The lowest BCUT2D eigenvalue weighted by molar-refractivity contribution is -0.137. The van der Waals surface area contributed by atoms with E-state index in [1.54, 1.807) is 11.0 Å². The lowest BCUT2D eigenvalue weighted by atomic mass is 10.2. The molecule has 2 rings (SSSR count). The smallest absolute Gasteiger partial charge is 0.395 e. The monoisotopic (exact) mass is 348 g/mol. The minimum atomic E-state index is -4.37. The van der Waals surface area contributed by atoms with Gasteiger partial charge < -0.3 is 10.0 Å². The lowest BCUT2D eigenvalue weighted by Gasteiger charge is -2.34. The Labute approximate surface area is 137 Å². The van der Waals surface area contributed by atoms with Crippen molar-refractivity contribution in [3.8, 4) is 0 Å². The molecule has 128 valence electrons. The maximum atomic E-state index is 12.7. The first-order chi connectivity index (χ1) is 10.9. The summed E-state index contributed by atoms with van der Waals surface area (Å²) in [6.07, 6.45) is -4.37. The van der Waals surface area contributed by atoms with Crippen LogP contribution in [0.2, 0.25) is 0 Å². The molecule has 1 N–H and O–H groups in total. The number of hydrogen-bond acceptors (Lipinski definition) is 4. The van der Waals surface area contributed by atoms with E-state index in [2.05, 4.69) is 4.90 Å². The van der Waals surface area contributed by atoms with Crippen LogP contribution in [0.5, 0.6) is 0 Å². The Morgan fingerprint density at radius 1 is 1.22 bits per heavy atom. The van der Waals surface area contributed by atoms with E-state index in [1.165, 1.54) is 6.07 Å². The van der Waals surface area contributed by atoms with Crippen LogP contribution in [0, 0.1) is 0 Å². The number of carbonyl (C=O) groups excluding carboxylic acids is 1. The molecule has 0 bridgehead atoms. The first-order valence-electron chi connectivity index (χ1n) is 7.31. The maximum absolute atomic E-state index is 12.7. The third-order valence-corrected chi connectivity index (χ3v) is 4.64. The summed E-state index contributed by atoms with van der Waals surface area (Å²) in [5.41, 5.74) is -0.701. The van der Waals surface area contributed by atoms with E-state index >= 15 is 0 Å². The third kappa shape index (κ3) is 5.40. The number of carbonyl (C=O) groups is 1. The molecule has 1 saturated heterocycles. The Bertz CT molecular complexity index is 532. The second-order valence-corrected chi connectivity index (χ2v) is 6.31. The number of hydrogen-bond donors (Lipinski definition) is 1. The van der Waals surface area contributed by atoms with Crippen LogP contribution in [0.15, 0.2) is 29.2 Å². The first kappa shape index (κ1) is 18.1. The number of nitrogens with zero attached hydrogens (tertiary/aromatic N) is 2. The standard InChI is InChI=1S/C15H19F3N2O2S/c16-15(17,18)12-2-1-3-13(10-12)23-11-14(22)20-6-4-19(5-7-20)8-9-21/h1-3,10,21H,4-9,11H2. The van der Waals surface area contributed by atoms with Crippen molar-refractivity contribution in [1.29, 1.82) is 0 Å². The molecule has 1 aromatic carbocycles. The fraction of sp³-hybridized carbons (Fsp3) is 0.533. The molecule has 1 heterocycles. The minimum Gasteiger partial charge on any atom is -0.395 e. The molecule has 8 heteroatoms. The molecular weight excluding hydrogens is 329 g/mol. The highest BCUT2D eigenvalue weighted by atomic mass is 32.2. The predicted molar refractivity (Wildman–Crippen MR) is 82.3 cm³/mol. The summed E-state index contributed by atoms with van der Waals surface area (Å²) in [7, 11) is 0. The summed E-state index contributed by atoms with van der Waals surface area (Å²) in [4.78, 5) is 16.4. The van der Waals surface area contributed by atoms with Crippen LogP contribution in [0.1, 0.15) is 5.56 Å². The number of aliphatic hydroxyl groups is 1. The molecule has 0 aliphatic carbocycles. The summed E-state index contributed by atoms with van der Waals surface area (Å²) < 4.78 is 38.0. The van der Waals surface area contributed by atoms with Crippen LogP contribution in [-0.4, -0.2) is 65.9 Å². The molecule has 1 fully saturated rings. The maximum Gasteiger partial charge on any atom is 0.416 e. The van der Waals surface area contributed by atoms with Crippen molar-refractivity contribution in [3.63, 3.8) is 0 Å². The second kappa shape index (κ2) is 8.03. The molecule has 0 radical (unpaired) electrons. The van der Waals surface area contributed by atoms with Gasteiger partial charge in [-0.2, -0.15) is 13.2 Å². The average Bonchev–Trinajstić information content (AvgIpc) is 2.53. The number of aliphatic hydroxyl groups excluding tert-OH is 1. The van der Waals surface area contributed by atoms with Crippen LogP contribution >= 0.6 is 11.8 Å². The van der Waals surface area contributed by atoms with Crippen molar-refractivity contribution in [3.05, 3.63) is 29.8 Å². The van der Waals surface area contributed by atoms with E-state index in [4.69, 9.17) is 5.11 Å². The number of thioether (sulfide) groups is 1. The van der Waals surface area contributed by atoms with Crippen LogP contribution in [-0.2, 0) is 11.0 Å². The van der Waals surface area contributed by atoms with E-state index in [0.29, 0.717) is 37.6 Å². The highest BCUT2D eigenvalue weighted by Gasteiger charge is 2.30. The molecular formula is C15H19F3N2O2S. The molecule has 1 amide bonds. The van der Waals surface area contributed by atoms with E-state index in [1.807, 2.05) is 0 Å². The first-order valence-corrected chi connectivity index (χ1v) is 8.30. The largest absolute Gasteiger partial charge is 0.416 e. The van der Waals surface area contributed by atoms with Gasteiger partial charge in [0, 0.05) is 37.6 Å². The average molecular weight is 348 g/mol. The molecule has 0 atom stereocenters. The Morgan fingerprint density at radius 3 is 2.52 bits per heavy atom. The van der Waals surface area contributed by atoms with Crippen molar-refractivity contribution < 1.29 is 23.1 Å². The molecule has 0 saturated carbocycles. The zero-order chi connectivity index (χ0) is 16.9. The van der Waals surface area contributed by atoms with Gasteiger partial charge in [-0.1, -0.05) is 6.07 Å². The van der Waals surface area contributed by atoms with Crippen molar-refractivity contribution in [2.24, 2.45) is 0 Å². The van der Waals surface area contributed by atoms with Gasteiger partial charge in [0.1, 0.15) is 0 Å². The van der Waals surface area contributed by atoms with Crippen LogP contribution in [0.25, 0.3) is 0 Å². The molecule has 0 spiro atoms. The zero-order valence-electron chi connectivity index (χ0n) is 12.6. The number of benzene rings is 1. The van der Waals surface area contributed by atoms with Crippen molar-refractivity contribution >= 4 is 17.7 Å². The Hall–Kier alpha value is -1.25. The number of β-amino-alcohol motifs (C(OH)–C–C–N with tert-alkyl or cyclic N) is 1. The van der Waals surface area contributed by atoms with Crippen LogP contribution in [0.3, 0.4) is 0 Å². The molecule has 1 aliphatic heterocycles. The molecule has 0 aromatic heterocycles. The minimum absolute atomic E-state index is 0.0731. The van der Waals surface area contributed by atoms with Gasteiger partial charge in [-0.3, -0.25) is 9.69 Å². The Morgan fingerprint density at radius 2 is 1.91 bits per heavy atom. The Kier molecular flexibility index (Phi) is 6.32. The van der Waals surface area contributed by atoms with Crippen molar-refractivity contribution in [2.75, 3.05) is 45.1 Å². The summed E-state index contributed by atoms with van der Waals surface area (Å²) >= 11 is 1.12. The second-order valence-electron chi connectivity index (χ2n) is 5.26. The topological polar surface area (TPSA) is 43.8 Å². The van der Waals surface area contributed by atoms with Gasteiger partial charge in [0.2, 0.25) is 5.91 Å². The third-order valence-electron chi connectivity index (χ3n) is 3.66. The van der Waals surface area contributed by atoms with Gasteiger partial charge in [-0.15, -0.1) is 11.8 Å². The normalized spacial score (nSPS) is 16.6. The van der Waals surface area contributed by atoms with Crippen molar-refractivity contribution in [1.82, 2.24) is 9.80 Å². The summed E-state index contributed by atoms with van der Waals surface area (Å²) in [6.45, 7) is 3.28. The fourth-order valence-corrected chi connectivity index (χ4v) is 3.22. The summed E-state index contributed by atoms with van der Waals surface area (Å²) in [6, 6.07) is 5.01. The number of piperazine rings is 1. The van der Waals surface area contributed by atoms with Crippen LogP contribution in [0.4, 0.5) is 13.2 Å². The van der Waals surface area contributed by atoms with Gasteiger partial charge in [0.05, 0.1) is 17.9 Å². The van der Waals surface area contributed by atoms with Gasteiger partial charge in [0.15, 0.2) is 0 Å².